The van der Waals surface area contributed by atoms with Gasteiger partial charge in [0.2, 0.25) is 5.91 Å². The summed E-state index contributed by atoms with van der Waals surface area (Å²) in [5, 5.41) is 14.5. The number of hydrogen-bond donors (Lipinski definition) is 1. The molecule has 1 atom stereocenters. The lowest BCUT2D eigenvalue weighted by Gasteiger charge is -2.12. The van der Waals surface area contributed by atoms with E-state index in [2.05, 4.69) is 5.32 Å². The van der Waals surface area contributed by atoms with Gasteiger partial charge >= 0.3 is 0 Å². The topological polar surface area (TPSA) is 65.3 Å². The summed E-state index contributed by atoms with van der Waals surface area (Å²) >= 11 is 1.21. The smallest absolute Gasteiger partial charge is 0.252 e. The van der Waals surface area contributed by atoms with Crippen LogP contribution in [0.3, 0.4) is 0 Å². The number of hydrogen-bond acceptors (Lipinski definition) is 4. The molecule has 2 rings (SSSR count). The first-order valence-corrected chi connectivity index (χ1v) is 7.28. The lowest BCUT2D eigenvalue weighted by atomic mass is 10.3. The van der Waals surface area contributed by atoms with Crippen LogP contribution < -0.4 is 14.8 Å². The number of pyridine rings is 1. The molecular weight excluding hydrogens is 288 g/mol. The average Bonchev–Trinajstić information content (AvgIpc) is 2.49. The maximum Gasteiger partial charge on any atom is 0.252 e. The molecule has 6 heteroatoms. The highest BCUT2D eigenvalue weighted by atomic mass is 32.2. The van der Waals surface area contributed by atoms with Gasteiger partial charge in [0.15, 0.2) is 6.20 Å². The van der Waals surface area contributed by atoms with Gasteiger partial charge in [-0.25, -0.2) is 0 Å². The van der Waals surface area contributed by atoms with Gasteiger partial charge in [-0.15, -0.1) is 0 Å². The quantitative estimate of drug-likeness (QED) is 0.523. The Labute approximate surface area is 127 Å². The predicted molar refractivity (Wildman–Crippen MR) is 82.3 cm³/mol. The van der Waals surface area contributed by atoms with E-state index in [0.717, 1.165) is 4.73 Å². The minimum atomic E-state index is -0.390. The van der Waals surface area contributed by atoms with Crippen LogP contribution in [0, 0.1) is 5.21 Å². The van der Waals surface area contributed by atoms with Gasteiger partial charge < -0.3 is 15.3 Å². The van der Waals surface area contributed by atoms with Crippen molar-refractivity contribution in [2.45, 2.75) is 17.2 Å². The van der Waals surface area contributed by atoms with E-state index in [0.29, 0.717) is 16.5 Å². The first-order chi connectivity index (χ1) is 10.1. The number of carbonyl (C=O) groups excluding carboxylic acids is 1. The summed E-state index contributed by atoms with van der Waals surface area (Å²) < 4.78 is 5.86. The third-order valence-corrected chi connectivity index (χ3v) is 3.92. The van der Waals surface area contributed by atoms with Gasteiger partial charge in [0.05, 0.1) is 12.4 Å². The molecule has 0 bridgehead atoms. The summed E-state index contributed by atoms with van der Waals surface area (Å²) in [6.45, 7) is 1.76. The molecule has 0 saturated carbocycles. The van der Waals surface area contributed by atoms with E-state index in [-0.39, 0.29) is 11.2 Å². The van der Waals surface area contributed by atoms with Crippen molar-refractivity contribution in [1.82, 2.24) is 0 Å². The third kappa shape index (κ3) is 4.13. The van der Waals surface area contributed by atoms with Crippen LogP contribution in [0.4, 0.5) is 5.69 Å². The van der Waals surface area contributed by atoms with Crippen LogP contribution in [0.25, 0.3) is 0 Å². The number of anilines is 1. The first-order valence-electron chi connectivity index (χ1n) is 6.40. The van der Waals surface area contributed by atoms with Crippen molar-refractivity contribution in [2.24, 2.45) is 0 Å². The zero-order chi connectivity index (χ0) is 15.2. The molecule has 110 valence electrons. The lowest BCUT2D eigenvalue weighted by molar-refractivity contribution is -0.645. The number of nitrogens with one attached hydrogen (secondary N) is 1. The Bertz CT molecular complexity index is 634. The first kappa shape index (κ1) is 15.2. The fourth-order valence-corrected chi connectivity index (χ4v) is 2.53. The molecule has 0 aliphatic carbocycles. The molecule has 2 aromatic rings. The molecule has 1 heterocycles. The maximum atomic E-state index is 12.1. The van der Waals surface area contributed by atoms with Crippen molar-refractivity contribution >= 4 is 23.4 Å². The standard InChI is InChI=1S/C15H16N2O3S/c1-11(21-14-8-3-4-9-17(14)19)15(18)16-12-6-5-7-13(10-12)20-2/h3-11H,1-2H3,(H,16,18). The molecule has 1 aromatic carbocycles. The normalized spacial score (nSPS) is 11.7. The second-order valence-electron chi connectivity index (χ2n) is 4.35. The van der Waals surface area contributed by atoms with Gasteiger partial charge in [-0.1, -0.05) is 6.07 Å². The molecule has 0 fully saturated rings. The van der Waals surface area contributed by atoms with Crippen molar-refractivity contribution in [3.63, 3.8) is 0 Å². The lowest BCUT2D eigenvalue weighted by Crippen LogP contribution is -2.30. The van der Waals surface area contributed by atoms with Crippen molar-refractivity contribution < 1.29 is 14.3 Å². The summed E-state index contributed by atoms with van der Waals surface area (Å²) in [4.78, 5) is 12.1. The Morgan fingerprint density at radius 3 is 2.86 bits per heavy atom. The Morgan fingerprint density at radius 2 is 2.14 bits per heavy atom. The van der Waals surface area contributed by atoms with Gasteiger partial charge in [-0.2, -0.15) is 4.73 Å². The van der Waals surface area contributed by atoms with E-state index in [9.17, 15) is 10.0 Å². The van der Waals surface area contributed by atoms with E-state index in [1.807, 2.05) is 0 Å². The molecule has 1 unspecified atom stereocenters. The molecule has 0 aliphatic rings. The zero-order valence-corrected chi connectivity index (χ0v) is 12.6. The van der Waals surface area contributed by atoms with Crippen molar-refractivity contribution in [3.8, 4) is 5.75 Å². The Kier molecular flexibility index (Phi) is 5.05. The molecule has 0 spiro atoms. The summed E-state index contributed by atoms with van der Waals surface area (Å²) in [5.74, 6) is 0.505. The highest BCUT2D eigenvalue weighted by Crippen LogP contribution is 2.22. The second kappa shape index (κ2) is 6.99. The number of ether oxygens (including phenoxy) is 1. The minimum Gasteiger partial charge on any atom is -0.618 e. The Hall–Kier alpha value is -2.21. The molecule has 0 radical (unpaired) electrons. The Balaban J connectivity index is 2.01. The minimum absolute atomic E-state index is 0.169. The maximum absolute atomic E-state index is 12.1. The van der Waals surface area contributed by atoms with Gasteiger partial charge in [-0.3, -0.25) is 4.79 Å². The molecule has 1 aromatic heterocycles. The monoisotopic (exact) mass is 304 g/mol. The number of carbonyl (C=O) groups is 1. The fourth-order valence-electron chi connectivity index (χ4n) is 1.68. The second-order valence-corrected chi connectivity index (χ2v) is 5.71. The molecule has 0 aliphatic heterocycles. The van der Waals surface area contributed by atoms with Gasteiger partial charge in [-0.05, 0) is 36.9 Å². The van der Waals surface area contributed by atoms with Crippen LogP contribution in [0.1, 0.15) is 6.92 Å². The number of nitrogens with zero attached hydrogens (tertiary/aromatic N) is 1. The third-order valence-electron chi connectivity index (χ3n) is 2.79. The highest BCUT2D eigenvalue weighted by molar-refractivity contribution is 8.00. The predicted octanol–water partition coefficient (Wildman–Crippen LogP) is 2.45. The highest BCUT2D eigenvalue weighted by Gasteiger charge is 2.18. The van der Waals surface area contributed by atoms with E-state index in [4.69, 9.17) is 4.74 Å². The zero-order valence-electron chi connectivity index (χ0n) is 11.8. The Morgan fingerprint density at radius 1 is 1.33 bits per heavy atom. The number of aromatic nitrogens is 1. The van der Waals surface area contributed by atoms with Crippen LogP contribution in [0.5, 0.6) is 5.75 Å². The molecule has 0 saturated heterocycles. The largest absolute Gasteiger partial charge is 0.618 e. The van der Waals surface area contributed by atoms with E-state index in [1.54, 1.807) is 56.5 Å². The van der Waals surface area contributed by atoms with E-state index < -0.39 is 0 Å². The number of methoxy groups -OCH3 is 1. The van der Waals surface area contributed by atoms with Crippen LogP contribution in [-0.4, -0.2) is 18.3 Å². The number of thioether (sulfide) groups is 1. The molecular formula is C15H16N2O3S. The fraction of sp³-hybridized carbons (Fsp3) is 0.200. The molecule has 1 N–H and O–H groups in total. The van der Waals surface area contributed by atoms with Crippen LogP contribution in [-0.2, 0) is 4.79 Å². The molecule has 1 amide bonds. The van der Waals surface area contributed by atoms with Crippen LogP contribution in [0.15, 0.2) is 53.7 Å². The van der Waals surface area contributed by atoms with Gasteiger partial charge in [0.25, 0.3) is 5.03 Å². The number of amides is 1. The summed E-state index contributed by atoms with van der Waals surface area (Å²) in [7, 11) is 1.57. The van der Waals surface area contributed by atoms with E-state index in [1.165, 1.54) is 18.0 Å². The average molecular weight is 304 g/mol. The van der Waals surface area contributed by atoms with Gasteiger partial charge in [0.1, 0.15) is 5.75 Å². The van der Waals surface area contributed by atoms with E-state index >= 15 is 0 Å². The SMILES string of the molecule is COc1cccc(NC(=O)C(C)Sc2cccc[n+]2[O-])c1. The van der Waals surface area contributed by atoms with Crippen LogP contribution >= 0.6 is 11.8 Å². The molecule has 21 heavy (non-hydrogen) atoms. The van der Waals surface area contributed by atoms with Crippen LogP contribution in [0.2, 0.25) is 0 Å². The van der Waals surface area contributed by atoms with Gasteiger partial charge in [0, 0.05) is 23.9 Å². The van der Waals surface area contributed by atoms with Crippen molar-refractivity contribution in [3.05, 3.63) is 53.9 Å². The number of benzene rings is 1. The summed E-state index contributed by atoms with van der Waals surface area (Å²) in [6.07, 6.45) is 1.41. The summed E-state index contributed by atoms with van der Waals surface area (Å²) in [6, 6.07) is 12.2. The van der Waals surface area contributed by atoms with Crippen molar-refractivity contribution in [1.29, 1.82) is 0 Å². The van der Waals surface area contributed by atoms with Crippen molar-refractivity contribution in [2.75, 3.05) is 12.4 Å². The number of rotatable bonds is 5. The summed E-state index contributed by atoms with van der Waals surface area (Å²) in [5.41, 5.74) is 0.662. The molecule has 5 nitrogen and oxygen atoms in total.